The van der Waals surface area contributed by atoms with Crippen LogP contribution in [0, 0.1) is 25.1 Å². The third kappa shape index (κ3) is 3.07. The van der Waals surface area contributed by atoms with Crippen molar-refractivity contribution in [2.24, 2.45) is 5.73 Å². The topological polar surface area (TPSA) is 55.1 Å². The maximum Gasteiger partial charge on any atom is 0.242 e. The minimum Gasteiger partial charge on any atom is -0.324 e. The smallest absolute Gasteiger partial charge is 0.242 e. The monoisotopic (exact) mass is 220 g/mol. The molecule has 4 heteroatoms. The number of amides is 1. The van der Waals surface area contributed by atoms with E-state index in [9.17, 15) is 9.18 Å². The van der Waals surface area contributed by atoms with Gasteiger partial charge in [0.15, 0.2) is 0 Å². The Morgan fingerprint density at radius 3 is 2.94 bits per heavy atom. The van der Waals surface area contributed by atoms with E-state index in [1.165, 1.54) is 18.2 Å². The number of hydrogen-bond acceptors (Lipinski definition) is 2. The molecule has 0 aromatic heterocycles. The summed E-state index contributed by atoms with van der Waals surface area (Å²) in [6.45, 7) is 1.70. The zero-order valence-electron chi connectivity index (χ0n) is 8.96. The van der Waals surface area contributed by atoms with Crippen molar-refractivity contribution in [2.45, 2.75) is 19.4 Å². The molecule has 0 aliphatic rings. The molecule has 1 amide bonds. The minimum absolute atomic E-state index is 0.173. The van der Waals surface area contributed by atoms with E-state index in [1.807, 2.05) is 0 Å². The first kappa shape index (κ1) is 12.2. The Labute approximate surface area is 93.8 Å². The van der Waals surface area contributed by atoms with E-state index in [4.69, 9.17) is 12.2 Å². The highest BCUT2D eigenvalue weighted by Crippen LogP contribution is 2.15. The van der Waals surface area contributed by atoms with Gasteiger partial charge < -0.3 is 11.1 Å². The summed E-state index contributed by atoms with van der Waals surface area (Å²) < 4.78 is 12.8. The molecule has 0 bridgehead atoms. The van der Waals surface area contributed by atoms with Crippen LogP contribution in [0.3, 0.4) is 0 Å². The fourth-order valence-electron chi connectivity index (χ4n) is 1.21. The van der Waals surface area contributed by atoms with Crippen LogP contribution in [-0.2, 0) is 4.79 Å². The summed E-state index contributed by atoms with van der Waals surface area (Å²) in [6.07, 6.45) is 5.22. The fourth-order valence-corrected chi connectivity index (χ4v) is 1.21. The van der Waals surface area contributed by atoms with Crippen molar-refractivity contribution in [1.29, 1.82) is 0 Å². The molecule has 1 unspecified atom stereocenters. The highest BCUT2D eigenvalue weighted by Gasteiger charge is 2.13. The Balaban J connectivity index is 2.74. The number of nitrogens with one attached hydrogen (secondary N) is 1. The van der Waals surface area contributed by atoms with Crippen molar-refractivity contribution in [3.63, 3.8) is 0 Å². The molecule has 0 fully saturated rings. The Hall–Kier alpha value is -1.86. The van der Waals surface area contributed by atoms with Gasteiger partial charge in [-0.3, -0.25) is 4.79 Å². The van der Waals surface area contributed by atoms with Gasteiger partial charge in [0, 0.05) is 12.1 Å². The molecule has 1 atom stereocenters. The minimum atomic E-state index is -0.741. The predicted molar refractivity (Wildman–Crippen MR) is 61.2 cm³/mol. The molecule has 1 aromatic rings. The van der Waals surface area contributed by atoms with Crippen LogP contribution in [-0.4, -0.2) is 11.9 Å². The first-order valence-electron chi connectivity index (χ1n) is 4.80. The molecular weight excluding hydrogens is 207 g/mol. The molecule has 16 heavy (non-hydrogen) atoms. The Bertz CT molecular complexity index is 437. The average molecular weight is 220 g/mol. The number of anilines is 1. The highest BCUT2D eigenvalue weighted by molar-refractivity contribution is 5.95. The number of carbonyl (C=O) groups excluding carboxylic acids is 1. The summed E-state index contributed by atoms with van der Waals surface area (Å²) in [6, 6.07) is 3.36. The highest BCUT2D eigenvalue weighted by atomic mass is 19.1. The lowest BCUT2D eigenvalue weighted by atomic mass is 10.1. The number of halogens is 1. The van der Waals surface area contributed by atoms with Crippen LogP contribution in [0.5, 0.6) is 0 Å². The van der Waals surface area contributed by atoms with Gasteiger partial charge in [-0.25, -0.2) is 4.39 Å². The molecule has 0 aliphatic carbocycles. The van der Waals surface area contributed by atoms with Crippen LogP contribution >= 0.6 is 0 Å². The van der Waals surface area contributed by atoms with Gasteiger partial charge in [0.25, 0.3) is 0 Å². The molecule has 3 nitrogen and oxygen atoms in total. The van der Waals surface area contributed by atoms with Gasteiger partial charge in [-0.1, -0.05) is 0 Å². The second-order valence-corrected chi connectivity index (χ2v) is 3.46. The number of rotatable bonds is 3. The fraction of sp³-hybridized carbons (Fsp3) is 0.250. The summed E-state index contributed by atoms with van der Waals surface area (Å²) in [5.74, 6) is 1.60. The van der Waals surface area contributed by atoms with Crippen molar-refractivity contribution in [3.8, 4) is 12.3 Å². The molecule has 0 heterocycles. The maximum absolute atomic E-state index is 12.8. The van der Waals surface area contributed by atoms with Gasteiger partial charge in [-0.05, 0) is 30.7 Å². The van der Waals surface area contributed by atoms with Crippen molar-refractivity contribution in [2.75, 3.05) is 5.32 Å². The van der Waals surface area contributed by atoms with Crippen LogP contribution in [0.15, 0.2) is 18.2 Å². The number of benzene rings is 1. The lowest BCUT2D eigenvalue weighted by Crippen LogP contribution is -2.35. The average Bonchev–Trinajstić information content (AvgIpc) is 2.22. The van der Waals surface area contributed by atoms with Gasteiger partial charge in [-0.15, -0.1) is 12.3 Å². The predicted octanol–water partition coefficient (Wildman–Crippen LogP) is 1.42. The van der Waals surface area contributed by atoms with E-state index in [1.54, 1.807) is 6.92 Å². The van der Waals surface area contributed by atoms with E-state index in [-0.39, 0.29) is 18.1 Å². The van der Waals surface area contributed by atoms with E-state index < -0.39 is 6.04 Å². The molecule has 1 rings (SSSR count). The SMILES string of the molecule is C#CCC(N)C(=O)Nc1ccc(F)cc1C. The molecule has 0 saturated heterocycles. The van der Waals surface area contributed by atoms with Gasteiger partial charge in [0.1, 0.15) is 5.82 Å². The maximum atomic E-state index is 12.8. The van der Waals surface area contributed by atoms with Crippen molar-refractivity contribution in [1.82, 2.24) is 0 Å². The van der Waals surface area contributed by atoms with Gasteiger partial charge in [-0.2, -0.15) is 0 Å². The van der Waals surface area contributed by atoms with Gasteiger partial charge in [0.05, 0.1) is 6.04 Å². The van der Waals surface area contributed by atoms with E-state index in [0.29, 0.717) is 11.3 Å². The number of aryl methyl sites for hydroxylation is 1. The third-order valence-electron chi connectivity index (χ3n) is 2.12. The quantitative estimate of drug-likeness (QED) is 0.757. The molecular formula is C12H13FN2O. The first-order chi connectivity index (χ1) is 7.54. The van der Waals surface area contributed by atoms with E-state index in [0.717, 1.165) is 0 Å². The standard InChI is InChI=1S/C12H13FN2O/c1-3-4-10(14)12(16)15-11-6-5-9(13)7-8(11)2/h1,5-7,10H,4,14H2,2H3,(H,15,16). The Morgan fingerprint density at radius 1 is 1.69 bits per heavy atom. The van der Waals surface area contributed by atoms with E-state index in [2.05, 4.69) is 11.2 Å². The van der Waals surface area contributed by atoms with Gasteiger partial charge in [0.2, 0.25) is 5.91 Å². The molecule has 0 saturated carbocycles. The summed E-state index contributed by atoms with van der Waals surface area (Å²) >= 11 is 0. The Morgan fingerprint density at radius 2 is 2.38 bits per heavy atom. The van der Waals surface area contributed by atoms with Crippen LogP contribution in [0.1, 0.15) is 12.0 Å². The third-order valence-corrected chi connectivity index (χ3v) is 2.12. The summed E-state index contributed by atoms with van der Waals surface area (Å²) in [7, 11) is 0. The van der Waals surface area contributed by atoms with Crippen molar-refractivity contribution >= 4 is 11.6 Å². The van der Waals surface area contributed by atoms with Crippen LogP contribution in [0.4, 0.5) is 10.1 Å². The lowest BCUT2D eigenvalue weighted by molar-refractivity contribution is -0.117. The second kappa shape index (κ2) is 5.29. The molecule has 0 aliphatic heterocycles. The summed E-state index contributed by atoms with van der Waals surface area (Å²) in [5, 5.41) is 2.60. The lowest BCUT2D eigenvalue weighted by Gasteiger charge is -2.11. The number of terminal acetylenes is 1. The first-order valence-corrected chi connectivity index (χ1v) is 4.80. The van der Waals surface area contributed by atoms with Crippen molar-refractivity contribution < 1.29 is 9.18 Å². The summed E-state index contributed by atoms with van der Waals surface area (Å²) in [4.78, 5) is 11.5. The summed E-state index contributed by atoms with van der Waals surface area (Å²) in [5.41, 5.74) is 6.71. The number of carbonyl (C=O) groups is 1. The van der Waals surface area contributed by atoms with Crippen LogP contribution in [0.25, 0.3) is 0 Å². The zero-order chi connectivity index (χ0) is 12.1. The molecule has 0 spiro atoms. The molecule has 84 valence electrons. The van der Waals surface area contributed by atoms with Crippen LogP contribution in [0.2, 0.25) is 0 Å². The van der Waals surface area contributed by atoms with Gasteiger partial charge >= 0.3 is 0 Å². The Kier molecular flexibility index (Phi) is 4.03. The number of nitrogens with two attached hydrogens (primary N) is 1. The molecule has 0 radical (unpaired) electrons. The second-order valence-electron chi connectivity index (χ2n) is 3.46. The van der Waals surface area contributed by atoms with E-state index >= 15 is 0 Å². The zero-order valence-corrected chi connectivity index (χ0v) is 8.96. The largest absolute Gasteiger partial charge is 0.324 e. The van der Waals surface area contributed by atoms with Crippen LogP contribution < -0.4 is 11.1 Å². The number of hydrogen-bond donors (Lipinski definition) is 2. The molecule has 1 aromatic carbocycles. The van der Waals surface area contributed by atoms with Crippen molar-refractivity contribution in [3.05, 3.63) is 29.6 Å². The normalized spacial score (nSPS) is 11.6. The molecule has 3 N–H and O–H groups in total.